The largest absolute Gasteiger partial charge is 0.370 e. The van der Waals surface area contributed by atoms with Crippen LogP contribution in [-0.4, -0.2) is 42.9 Å². The molecule has 0 saturated carbocycles. The van der Waals surface area contributed by atoms with Gasteiger partial charge in [-0.1, -0.05) is 0 Å². The first-order chi connectivity index (χ1) is 7.27. The summed E-state index contributed by atoms with van der Waals surface area (Å²) in [4.78, 5) is 24.2. The predicted octanol–water partition coefficient (Wildman–Crippen LogP) is 0.993. The number of carbonyl (C=O) groups is 2. The van der Waals surface area contributed by atoms with Gasteiger partial charge in [-0.15, -0.1) is 0 Å². The molecule has 4 heteroatoms. The lowest BCUT2D eigenvalue weighted by Crippen LogP contribution is -2.38. The third-order valence-corrected chi connectivity index (χ3v) is 2.62. The lowest BCUT2D eigenvalue weighted by atomic mass is 10.1. The van der Waals surface area contributed by atoms with Gasteiger partial charge in [0.15, 0.2) is 0 Å². The van der Waals surface area contributed by atoms with Gasteiger partial charge in [-0.3, -0.25) is 4.79 Å². The molecule has 1 unspecified atom stereocenters. The number of rotatable bonds is 5. The second kappa shape index (κ2) is 6.56. The molecular formula is C11H19NO3. The molecule has 4 nitrogen and oxygen atoms in total. The van der Waals surface area contributed by atoms with E-state index in [1.54, 1.807) is 0 Å². The van der Waals surface area contributed by atoms with E-state index in [2.05, 4.69) is 0 Å². The maximum atomic E-state index is 11.7. The number of likely N-dealkylation sites (tertiary alicyclic amines) is 1. The van der Waals surface area contributed by atoms with Gasteiger partial charge in [0, 0.05) is 19.7 Å². The maximum Gasteiger partial charge on any atom is 0.225 e. The van der Waals surface area contributed by atoms with Crippen molar-refractivity contribution in [1.82, 2.24) is 4.90 Å². The first kappa shape index (κ1) is 12.2. The highest BCUT2D eigenvalue weighted by molar-refractivity contribution is 5.80. The average molecular weight is 213 g/mol. The molecular weight excluding hydrogens is 194 g/mol. The van der Waals surface area contributed by atoms with E-state index in [0.717, 1.165) is 25.9 Å². The minimum atomic E-state index is -0.565. The molecule has 0 aromatic carbocycles. The fourth-order valence-corrected chi connectivity index (χ4v) is 1.80. The Morgan fingerprint density at radius 3 is 2.60 bits per heavy atom. The molecule has 0 aliphatic carbocycles. The van der Waals surface area contributed by atoms with Crippen molar-refractivity contribution in [3.8, 4) is 0 Å². The third-order valence-electron chi connectivity index (χ3n) is 2.62. The smallest absolute Gasteiger partial charge is 0.225 e. The molecule has 0 N–H and O–H groups in total. The summed E-state index contributed by atoms with van der Waals surface area (Å²) >= 11 is 0. The number of hydrogen-bond donors (Lipinski definition) is 0. The van der Waals surface area contributed by atoms with E-state index < -0.39 is 6.10 Å². The number of aldehydes is 1. The molecule has 1 aliphatic heterocycles. The Bertz CT molecular complexity index is 212. The van der Waals surface area contributed by atoms with Crippen molar-refractivity contribution in [1.29, 1.82) is 0 Å². The van der Waals surface area contributed by atoms with Crippen molar-refractivity contribution in [2.45, 2.75) is 38.7 Å². The Morgan fingerprint density at radius 1 is 1.40 bits per heavy atom. The van der Waals surface area contributed by atoms with Gasteiger partial charge >= 0.3 is 0 Å². The molecule has 0 spiro atoms. The Morgan fingerprint density at radius 2 is 2.07 bits per heavy atom. The Hall–Kier alpha value is -0.900. The lowest BCUT2D eigenvalue weighted by Gasteiger charge is -2.27. The Kier molecular flexibility index (Phi) is 5.32. The number of ether oxygens (including phenoxy) is 1. The van der Waals surface area contributed by atoms with E-state index >= 15 is 0 Å². The van der Waals surface area contributed by atoms with Crippen molar-refractivity contribution >= 4 is 12.2 Å². The van der Waals surface area contributed by atoms with E-state index in [-0.39, 0.29) is 12.3 Å². The molecule has 0 aromatic heterocycles. The molecule has 1 aliphatic rings. The van der Waals surface area contributed by atoms with E-state index in [1.165, 1.54) is 6.42 Å². The molecule has 1 saturated heterocycles. The van der Waals surface area contributed by atoms with Gasteiger partial charge in [0.2, 0.25) is 5.91 Å². The van der Waals surface area contributed by atoms with Crippen LogP contribution in [0.2, 0.25) is 0 Å². The molecule has 1 atom stereocenters. The van der Waals surface area contributed by atoms with E-state index in [9.17, 15) is 9.59 Å². The number of hydrogen-bond acceptors (Lipinski definition) is 3. The summed E-state index contributed by atoms with van der Waals surface area (Å²) in [6.07, 6.45) is 3.69. The summed E-state index contributed by atoms with van der Waals surface area (Å²) in [5.74, 6) is 0.0419. The van der Waals surface area contributed by atoms with Crippen molar-refractivity contribution in [2.75, 3.05) is 19.7 Å². The zero-order chi connectivity index (χ0) is 11.1. The summed E-state index contributed by atoms with van der Waals surface area (Å²) in [6, 6.07) is 0. The highest BCUT2D eigenvalue weighted by atomic mass is 16.5. The zero-order valence-electron chi connectivity index (χ0n) is 9.28. The first-order valence-corrected chi connectivity index (χ1v) is 5.62. The molecule has 1 amide bonds. The molecule has 1 fully saturated rings. The second-order valence-corrected chi connectivity index (χ2v) is 3.78. The molecule has 1 heterocycles. The van der Waals surface area contributed by atoms with Gasteiger partial charge in [-0.05, 0) is 26.2 Å². The zero-order valence-corrected chi connectivity index (χ0v) is 9.28. The highest BCUT2D eigenvalue weighted by Crippen LogP contribution is 2.11. The van der Waals surface area contributed by atoms with Crippen LogP contribution in [0.15, 0.2) is 0 Å². The minimum absolute atomic E-state index is 0.0419. The highest BCUT2D eigenvalue weighted by Gasteiger charge is 2.20. The van der Waals surface area contributed by atoms with E-state index in [4.69, 9.17) is 4.74 Å². The Balaban J connectivity index is 2.34. The number of piperidine rings is 1. The average Bonchev–Trinajstić information content (AvgIpc) is 2.29. The van der Waals surface area contributed by atoms with Crippen molar-refractivity contribution in [3.05, 3.63) is 0 Å². The van der Waals surface area contributed by atoms with Crippen molar-refractivity contribution in [3.63, 3.8) is 0 Å². The van der Waals surface area contributed by atoms with Crippen molar-refractivity contribution in [2.24, 2.45) is 0 Å². The minimum Gasteiger partial charge on any atom is -0.370 e. The van der Waals surface area contributed by atoms with Crippen LogP contribution < -0.4 is 0 Å². The first-order valence-electron chi connectivity index (χ1n) is 5.62. The molecule has 0 bridgehead atoms. The van der Waals surface area contributed by atoms with Crippen LogP contribution in [0.1, 0.15) is 32.6 Å². The SMILES string of the molecule is CCOC(C=O)CC(=O)N1CCCCC1. The topological polar surface area (TPSA) is 46.6 Å². The van der Waals surface area contributed by atoms with Crippen LogP contribution in [0.3, 0.4) is 0 Å². The fraction of sp³-hybridized carbons (Fsp3) is 0.818. The van der Waals surface area contributed by atoms with E-state index in [1.807, 2.05) is 11.8 Å². The maximum absolute atomic E-state index is 11.7. The van der Waals surface area contributed by atoms with Gasteiger partial charge in [0.25, 0.3) is 0 Å². The van der Waals surface area contributed by atoms with Crippen molar-refractivity contribution < 1.29 is 14.3 Å². The fourth-order valence-electron chi connectivity index (χ4n) is 1.80. The van der Waals surface area contributed by atoms with E-state index in [0.29, 0.717) is 12.9 Å². The summed E-state index contributed by atoms with van der Waals surface area (Å²) in [6.45, 7) is 3.95. The van der Waals surface area contributed by atoms with Crippen LogP contribution in [-0.2, 0) is 14.3 Å². The summed E-state index contributed by atoms with van der Waals surface area (Å²) in [5, 5.41) is 0. The third kappa shape index (κ3) is 4.00. The van der Waals surface area contributed by atoms with Crippen LogP contribution >= 0.6 is 0 Å². The standard InChI is InChI=1S/C11H19NO3/c1-2-15-10(9-13)8-11(14)12-6-4-3-5-7-12/h9-10H,2-8H2,1H3. The van der Waals surface area contributed by atoms with Gasteiger partial charge in [0.05, 0.1) is 6.42 Å². The summed E-state index contributed by atoms with van der Waals surface area (Å²) in [7, 11) is 0. The number of amides is 1. The lowest BCUT2D eigenvalue weighted by molar-refractivity contribution is -0.137. The van der Waals surface area contributed by atoms with Gasteiger partial charge in [-0.25, -0.2) is 0 Å². The van der Waals surface area contributed by atoms with Crippen LogP contribution in [0.5, 0.6) is 0 Å². The van der Waals surface area contributed by atoms with Crippen LogP contribution in [0.4, 0.5) is 0 Å². The predicted molar refractivity (Wildman–Crippen MR) is 56.5 cm³/mol. The normalized spacial score (nSPS) is 18.6. The monoisotopic (exact) mass is 213 g/mol. The molecule has 15 heavy (non-hydrogen) atoms. The molecule has 0 aromatic rings. The quantitative estimate of drug-likeness (QED) is 0.640. The van der Waals surface area contributed by atoms with Gasteiger partial charge < -0.3 is 14.4 Å². The Labute approximate surface area is 90.6 Å². The van der Waals surface area contributed by atoms with Gasteiger partial charge in [-0.2, -0.15) is 0 Å². The summed E-state index contributed by atoms with van der Waals surface area (Å²) in [5.41, 5.74) is 0. The second-order valence-electron chi connectivity index (χ2n) is 3.78. The summed E-state index contributed by atoms with van der Waals surface area (Å²) < 4.78 is 5.14. The number of carbonyl (C=O) groups excluding carboxylic acids is 2. The van der Waals surface area contributed by atoms with Crippen LogP contribution in [0, 0.1) is 0 Å². The molecule has 0 radical (unpaired) electrons. The van der Waals surface area contributed by atoms with Crippen LogP contribution in [0.25, 0.3) is 0 Å². The number of nitrogens with zero attached hydrogens (tertiary/aromatic N) is 1. The molecule has 86 valence electrons. The molecule has 1 rings (SSSR count). The van der Waals surface area contributed by atoms with Gasteiger partial charge in [0.1, 0.15) is 12.4 Å².